The highest BCUT2D eigenvalue weighted by Gasteiger charge is 2.37. The first-order chi connectivity index (χ1) is 9.48. The first-order valence-corrected chi connectivity index (χ1v) is 7.91. The van der Waals surface area contributed by atoms with Crippen LogP contribution < -0.4 is 5.32 Å². The molecule has 1 aromatic rings. The quantitative estimate of drug-likeness (QED) is 0.909. The third-order valence-corrected chi connectivity index (χ3v) is 4.84. The second-order valence-electron chi connectivity index (χ2n) is 5.91. The predicted molar refractivity (Wildman–Crippen MR) is 82.3 cm³/mol. The van der Waals surface area contributed by atoms with E-state index >= 15 is 0 Å². The van der Waals surface area contributed by atoms with Gasteiger partial charge < -0.3 is 10.1 Å². The lowest BCUT2D eigenvalue weighted by molar-refractivity contribution is -0.0881. The molecule has 0 aromatic carbocycles. The molecule has 4 nitrogen and oxygen atoms in total. The van der Waals surface area contributed by atoms with Gasteiger partial charge in [-0.25, -0.2) is 0 Å². The fourth-order valence-electron chi connectivity index (χ4n) is 3.09. The first kappa shape index (κ1) is 15.8. The van der Waals surface area contributed by atoms with E-state index in [1.54, 1.807) is 4.68 Å². The summed E-state index contributed by atoms with van der Waals surface area (Å²) in [5.41, 5.74) is 2.04. The molecule has 2 heterocycles. The third kappa shape index (κ3) is 3.18. The number of likely N-dealkylation sites (N-methyl/N-ethyl adjacent to an activating group) is 1. The predicted octanol–water partition coefficient (Wildman–Crippen LogP) is 2.86. The van der Waals surface area contributed by atoms with Crippen LogP contribution in [0, 0.1) is 6.92 Å². The SMILES string of the molecule is CCNC(Cc1c(C)nn(C)c1Cl)C1(C)CCCCO1. The number of aromatic nitrogens is 2. The monoisotopic (exact) mass is 299 g/mol. The molecule has 1 fully saturated rings. The Bertz CT molecular complexity index is 452. The molecule has 114 valence electrons. The summed E-state index contributed by atoms with van der Waals surface area (Å²) in [5.74, 6) is 0. The second kappa shape index (κ2) is 6.46. The van der Waals surface area contributed by atoms with Crippen molar-refractivity contribution in [1.82, 2.24) is 15.1 Å². The minimum Gasteiger partial charge on any atom is -0.374 e. The number of hydrogen-bond acceptors (Lipinski definition) is 3. The summed E-state index contributed by atoms with van der Waals surface area (Å²) in [6.45, 7) is 8.17. The number of hydrogen-bond donors (Lipinski definition) is 1. The highest BCUT2D eigenvalue weighted by atomic mass is 35.5. The normalized spacial score (nSPS) is 24.9. The van der Waals surface area contributed by atoms with Gasteiger partial charge in [0.15, 0.2) is 0 Å². The van der Waals surface area contributed by atoms with Crippen molar-refractivity contribution in [3.05, 3.63) is 16.4 Å². The van der Waals surface area contributed by atoms with Crippen LogP contribution in [-0.2, 0) is 18.2 Å². The van der Waals surface area contributed by atoms with E-state index in [1.807, 2.05) is 14.0 Å². The molecule has 1 aliphatic rings. The van der Waals surface area contributed by atoms with E-state index in [0.29, 0.717) is 0 Å². The van der Waals surface area contributed by atoms with Gasteiger partial charge in [0.05, 0.1) is 11.3 Å². The number of nitrogens with one attached hydrogen (secondary N) is 1. The summed E-state index contributed by atoms with van der Waals surface area (Å²) in [7, 11) is 1.89. The van der Waals surface area contributed by atoms with Gasteiger partial charge in [0.1, 0.15) is 5.15 Å². The molecule has 0 radical (unpaired) electrons. The number of aryl methyl sites for hydroxylation is 2. The van der Waals surface area contributed by atoms with Crippen LogP contribution in [0.3, 0.4) is 0 Å². The average Bonchev–Trinajstić information content (AvgIpc) is 2.65. The second-order valence-corrected chi connectivity index (χ2v) is 6.27. The maximum Gasteiger partial charge on any atom is 0.130 e. The van der Waals surface area contributed by atoms with Crippen LogP contribution >= 0.6 is 11.6 Å². The van der Waals surface area contributed by atoms with Gasteiger partial charge in [-0.05, 0) is 46.1 Å². The van der Waals surface area contributed by atoms with Gasteiger partial charge in [-0.1, -0.05) is 18.5 Å². The van der Waals surface area contributed by atoms with Gasteiger partial charge >= 0.3 is 0 Å². The number of halogens is 1. The molecule has 2 rings (SSSR count). The summed E-state index contributed by atoms with van der Waals surface area (Å²) < 4.78 is 7.86. The van der Waals surface area contributed by atoms with Crippen LogP contribution in [0.2, 0.25) is 5.15 Å². The zero-order valence-electron chi connectivity index (χ0n) is 13.0. The molecule has 0 saturated carbocycles. The first-order valence-electron chi connectivity index (χ1n) is 7.53. The van der Waals surface area contributed by atoms with Crippen LogP contribution in [0.5, 0.6) is 0 Å². The molecule has 20 heavy (non-hydrogen) atoms. The van der Waals surface area contributed by atoms with Gasteiger partial charge in [-0.15, -0.1) is 0 Å². The van der Waals surface area contributed by atoms with Crippen LogP contribution in [0.4, 0.5) is 0 Å². The van der Waals surface area contributed by atoms with Crippen LogP contribution in [0.15, 0.2) is 0 Å². The van der Waals surface area contributed by atoms with E-state index in [-0.39, 0.29) is 11.6 Å². The molecule has 1 saturated heterocycles. The largest absolute Gasteiger partial charge is 0.374 e. The molecule has 1 aliphatic heterocycles. The van der Waals surface area contributed by atoms with Crippen molar-refractivity contribution >= 4 is 11.6 Å². The summed E-state index contributed by atoms with van der Waals surface area (Å²) >= 11 is 6.37. The Morgan fingerprint density at radius 1 is 1.50 bits per heavy atom. The Morgan fingerprint density at radius 3 is 2.75 bits per heavy atom. The van der Waals surface area contributed by atoms with Gasteiger partial charge in [-0.3, -0.25) is 4.68 Å². The van der Waals surface area contributed by atoms with E-state index < -0.39 is 0 Å². The maximum atomic E-state index is 6.37. The van der Waals surface area contributed by atoms with Crippen molar-refractivity contribution < 1.29 is 4.74 Å². The minimum atomic E-state index is -0.111. The highest BCUT2D eigenvalue weighted by Crippen LogP contribution is 2.31. The lowest BCUT2D eigenvalue weighted by Gasteiger charge is -2.41. The molecule has 0 aliphatic carbocycles. The molecule has 0 bridgehead atoms. The van der Waals surface area contributed by atoms with E-state index in [9.17, 15) is 0 Å². The molecule has 1 aromatic heterocycles. The lowest BCUT2D eigenvalue weighted by Crippen LogP contribution is -2.53. The zero-order valence-corrected chi connectivity index (χ0v) is 13.8. The standard InChI is InChI=1S/C15H26ClN3O/c1-5-17-13(15(3)8-6-7-9-20-15)10-12-11(2)18-19(4)14(12)16/h13,17H,5-10H2,1-4H3. The van der Waals surface area contributed by atoms with Crippen LogP contribution in [-0.4, -0.2) is 34.6 Å². The molecular weight excluding hydrogens is 274 g/mol. The topological polar surface area (TPSA) is 39.1 Å². The fraction of sp³-hybridized carbons (Fsp3) is 0.800. The van der Waals surface area contributed by atoms with E-state index in [2.05, 4.69) is 24.3 Å². The average molecular weight is 300 g/mol. The Hall–Kier alpha value is -0.580. The number of rotatable bonds is 5. The Morgan fingerprint density at radius 2 is 2.25 bits per heavy atom. The van der Waals surface area contributed by atoms with Crippen LogP contribution in [0.25, 0.3) is 0 Å². The van der Waals surface area contributed by atoms with E-state index in [0.717, 1.165) is 42.4 Å². The van der Waals surface area contributed by atoms with Gasteiger partial charge in [0.2, 0.25) is 0 Å². The fourth-order valence-corrected chi connectivity index (χ4v) is 3.34. The van der Waals surface area contributed by atoms with Crippen molar-refractivity contribution in [2.45, 2.75) is 58.1 Å². The Balaban J connectivity index is 2.20. The molecule has 0 amide bonds. The molecule has 1 N–H and O–H groups in total. The number of ether oxygens (including phenoxy) is 1. The van der Waals surface area contributed by atoms with Crippen molar-refractivity contribution in [3.8, 4) is 0 Å². The summed E-state index contributed by atoms with van der Waals surface area (Å²) in [5, 5.41) is 8.73. The maximum absolute atomic E-state index is 6.37. The van der Waals surface area contributed by atoms with Gasteiger partial charge in [0.25, 0.3) is 0 Å². The summed E-state index contributed by atoms with van der Waals surface area (Å²) in [6, 6.07) is 0.271. The molecule has 0 spiro atoms. The Labute approximate surface area is 126 Å². The smallest absolute Gasteiger partial charge is 0.130 e. The molecular formula is C15H26ClN3O. The molecule has 2 unspecified atom stereocenters. The Kier molecular flexibility index (Phi) is 5.10. The van der Waals surface area contributed by atoms with Gasteiger partial charge in [0, 0.05) is 25.3 Å². The van der Waals surface area contributed by atoms with Crippen LogP contribution in [0.1, 0.15) is 44.4 Å². The van der Waals surface area contributed by atoms with Crippen molar-refractivity contribution in [3.63, 3.8) is 0 Å². The summed E-state index contributed by atoms with van der Waals surface area (Å²) in [4.78, 5) is 0. The summed E-state index contributed by atoms with van der Waals surface area (Å²) in [6.07, 6.45) is 4.36. The van der Waals surface area contributed by atoms with Crippen molar-refractivity contribution in [2.24, 2.45) is 7.05 Å². The van der Waals surface area contributed by atoms with E-state index in [4.69, 9.17) is 16.3 Å². The zero-order chi connectivity index (χ0) is 14.8. The van der Waals surface area contributed by atoms with Crippen molar-refractivity contribution in [1.29, 1.82) is 0 Å². The van der Waals surface area contributed by atoms with Crippen molar-refractivity contribution in [2.75, 3.05) is 13.2 Å². The van der Waals surface area contributed by atoms with Gasteiger partial charge in [-0.2, -0.15) is 5.10 Å². The lowest BCUT2D eigenvalue weighted by atomic mass is 9.84. The third-order valence-electron chi connectivity index (χ3n) is 4.37. The minimum absolute atomic E-state index is 0.111. The highest BCUT2D eigenvalue weighted by molar-refractivity contribution is 6.30. The molecule has 2 atom stereocenters. The van der Waals surface area contributed by atoms with E-state index in [1.165, 1.54) is 12.8 Å². The number of nitrogens with zero attached hydrogens (tertiary/aromatic N) is 2. The molecule has 5 heteroatoms.